The van der Waals surface area contributed by atoms with Crippen molar-refractivity contribution in [1.82, 2.24) is 25.5 Å². The van der Waals surface area contributed by atoms with E-state index < -0.39 is 5.91 Å². The molecule has 0 aliphatic rings. The molecule has 2 aromatic heterocycles. The van der Waals surface area contributed by atoms with Crippen molar-refractivity contribution in [2.75, 3.05) is 5.32 Å². The van der Waals surface area contributed by atoms with Crippen LogP contribution < -0.4 is 10.6 Å². The number of carbonyl (C=O) groups excluding carboxylic acids is 1. The third-order valence-electron chi connectivity index (χ3n) is 3.35. The van der Waals surface area contributed by atoms with Gasteiger partial charge in [0, 0.05) is 16.1 Å². The Hall–Kier alpha value is -2.85. The van der Waals surface area contributed by atoms with Crippen LogP contribution in [0.4, 0.5) is 5.95 Å². The van der Waals surface area contributed by atoms with Crippen molar-refractivity contribution in [2.24, 2.45) is 0 Å². The van der Waals surface area contributed by atoms with Gasteiger partial charge in [0.05, 0.1) is 6.54 Å². The van der Waals surface area contributed by atoms with Crippen molar-refractivity contribution in [2.45, 2.75) is 13.5 Å². The van der Waals surface area contributed by atoms with Crippen molar-refractivity contribution in [3.8, 4) is 11.3 Å². The summed E-state index contributed by atoms with van der Waals surface area (Å²) in [7, 11) is 0. The first kappa shape index (κ1) is 18.9. The lowest BCUT2D eigenvalue weighted by molar-refractivity contribution is -0.115. The van der Waals surface area contributed by atoms with Gasteiger partial charge in [-0.15, -0.1) is 5.10 Å². The molecule has 1 aromatic carbocycles. The maximum Gasteiger partial charge on any atom is 0.269 e. The Morgan fingerprint density at radius 1 is 1.30 bits per heavy atom. The number of hydrogen-bond acceptors (Lipinski definition) is 6. The molecule has 2 N–H and O–H groups in total. The molecular weight excluding hydrogens is 432 g/mol. The van der Waals surface area contributed by atoms with Crippen LogP contribution in [0, 0.1) is 0 Å². The molecule has 0 aliphatic heterocycles. The monoisotopic (exact) mass is 446 g/mol. The first-order valence-electron chi connectivity index (χ1n) is 7.97. The largest absolute Gasteiger partial charge is 0.457 e. The van der Waals surface area contributed by atoms with Crippen molar-refractivity contribution < 1.29 is 9.21 Å². The van der Waals surface area contributed by atoms with Gasteiger partial charge in [0.15, 0.2) is 5.11 Å². The lowest BCUT2D eigenvalue weighted by Crippen LogP contribution is -2.33. The molecule has 8 nitrogen and oxygen atoms in total. The molecule has 27 heavy (non-hydrogen) atoms. The van der Waals surface area contributed by atoms with Crippen LogP contribution in [0.2, 0.25) is 0 Å². The lowest BCUT2D eigenvalue weighted by Gasteiger charge is -2.03. The second-order valence-electron chi connectivity index (χ2n) is 5.29. The molecule has 0 atom stereocenters. The van der Waals surface area contributed by atoms with Crippen LogP contribution in [-0.4, -0.2) is 31.2 Å². The van der Waals surface area contributed by atoms with Gasteiger partial charge >= 0.3 is 0 Å². The van der Waals surface area contributed by atoms with E-state index in [0.29, 0.717) is 18.1 Å². The zero-order valence-electron chi connectivity index (χ0n) is 14.2. The number of rotatable bonds is 5. The number of tetrazole rings is 1. The fraction of sp³-hybridized carbons (Fsp3) is 0.118. The van der Waals surface area contributed by atoms with Crippen molar-refractivity contribution in [3.05, 3.63) is 52.7 Å². The quantitative estimate of drug-likeness (QED) is 0.458. The average Bonchev–Trinajstić information content (AvgIpc) is 3.30. The second-order valence-corrected chi connectivity index (χ2v) is 6.61. The van der Waals surface area contributed by atoms with Gasteiger partial charge in [0.25, 0.3) is 5.95 Å². The van der Waals surface area contributed by atoms with Crippen LogP contribution in [0.1, 0.15) is 12.7 Å². The topological polar surface area (TPSA) is 97.9 Å². The second kappa shape index (κ2) is 8.69. The Labute approximate surface area is 168 Å². The molecule has 0 saturated carbocycles. The number of aryl methyl sites for hydroxylation is 1. The van der Waals surface area contributed by atoms with Crippen LogP contribution in [0.3, 0.4) is 0 Å². The number of halogens is 1. The molecule has 0 saturated heterocycles. The van der Waals surface area contributed by atoms with Crippen LogP contribution in [0.15, 0.2) is 51.4 Å². The first-order chi connectivity index (χ1) is 13.0. The molecule has 0 spiro atoms. The molecule has 0 bridgehead atoms. The maximum atomic E-state index is 12.0. The zero-order chi connectivity index (χ0) is 19.2. The number of anilines is 1. The maximum absolute atomic E-state index is 12.0. The SMILES string of the molecule is CCn1nnc(NC(=S)NC(=O)/C=C/c2ccc(-c3ccc(Br)cc3)o2)n1. The summed E-state index contributed by atoms with van der Waals surface area (Å²) in [5, 5.41) is 16.8. The van der Waals surface area contributed by atoms with Crippen LogP contribution in [0.5, 0.6) is 0 Å². The predicted molar refractivity (Wildman–Crippen MR) is 109 cm³/mol. The summed E-state index contributed by atoms with van der Waals surface area (Å²) in [5.41, 5.74) is 0.945. The Bertz CT molecular complexity index is 979. The fourth-order valence-corrected chi connectivity index (χ4v) is 2.54. The molecule has 1 amide bonds. The summed E-state index contributed by atoms with van der Waals surface area (Å²) in [6.45, 7) is 2.47. The third kappa shape index (κ3) is 5.31. The van der Waals surface area contributed by atoms with E-state index in [1.807, 2.05) is 37.3 Å². The molecule has 0 unspecified atom stereocenters. The minimum atomic E-state index is -0.406. The summed E-state index contributed by atoms with van der Waals surface area (Å²) >= 11 is 8.44. The normalized spacial score (nSPS) is 10.9. The van der Waals surface area contributed by atoms with Crippen LogP contribution >= 0.6 is 28.1 Å². The van der Waals surface area contributed by atoms with E-state index in [2.05, 4.69) is 42.0 Å². The highest BCUT2D eigenvalue weighted by Gasteiger charge is 2.07. The zero-order valence-corrected chi connectivity index (χ0v) is 16.6. The third-order valence-corrected chi connectivity index (χ3v) is 4.09. The summed E-state index contributed by atoms with van der Waals surface area (Å²) in [6.07, 6.45) is 2.89. The van der Waals surface area contributed by atoms with Gasteiger partial charge in [-0.05, 0) is 54.7 Å². The standard InChI is InChI=1S/C17H15BrN6O2S/c1-2-24-22-16(21-23-24)20-17(27)19-15(25)10-8-13-7-9-14(26-13)11-3-5-12(18)6-4-11/h3-10H,2H2,1H3,(H2,19,20,22,25,27)/b10-8+. The van der Waals surface area contributed by atoms with Gasteiger partial charge in [-0.2, -0.15) is 4.80 Å². The van der Waals surface area contributed by atoms with Gasteiger partial charge in [-0.25, -0.2) is 0 Å². The van der Waals surface area contributed by atoms with E-state index in [1.54, 1.807) is 12.1 Å². The number of thiocarbonyl (C=S) groups is 1. The highest BCUT2D eigenvalue weighted by atomic mass is 79.9. The highest BCUT2D eigenvalue weighted by molar-refractivity contribution is 9.10. The van der Waals surface area contributed by atoms with E-state index in [9.17, 15) is 4.79 Å². The minimum Gasteiger partial charge on any atom is -0.457 e. The summed E-state index contributed by atoms with van der Waals surface area (Å²) in [6, 6.07) is 11.4. The van der Waals surface area contributed by atoms with E-state index in [0.717, 1.165) is 10.0 Å². The Morgan fingerprint density at radius 3 is 2.78 bits per heavy atom. The molecule has 3 aromatic rings. The summed E-state index contributed by atoms with van der Waals surface area (Å²) < 4.78 is 6.71. The average molecular weight is 447 g/mol. The molecule has 0 radical (unpaired) electrons. The smallest absolute Gasteiger partial charge is 0.269 e. The molecule has 3 rings (SSSR count). The van der Waals surface area contributed by atoms with Crippen molar-refractivity contribution >= 4 is 51.2 Å². The van der Waals surface area contributed by atoms with Crippen molar-refractivity contribution in [3.63, 3.8) is 0 Å². The van der Waals surface area contributed by atoms with E-state index in [4.69, 9.17) is 16.6 Å². The summed E-state index contributed by atoms with van der Waals surface area (Å²) in [4.78, 5) is 13.4. The number of amides is 1. The number of nitrogens with one attached hydrogen (secondary N) is 2. The van der Waals surface area contributed by atoms with Gasteiger partial charge < -0.3 is 4.42 Å². The number of benzene rings is 1. The van der Waals surface area contributed by atoms with E-state index in [-0.39, 0.29) is 11.1 Å². The number of furan rings is 1. The number of aromatic nitrogens is 4. The number of carbonyl (C=O) groups is 1. The first-order valence-corrected chi connectivity index (χ1v) is 9.17. The Morgan fingerprint density at radius 2 is 2.07 bits per heavy atom. The molecule has 0 aliphatic carbocycles. The van der Waals surface area contributed by atoms with Crippen LogP contribution in [-0.2, 0) is 11.3 Å². The van der Waals surface area contributed by atoms with E-state index >= 15 is 0 Å². The highest BCUT2D eigenvalue weighted by Crippen LogP contribution is 2.24. The molecular formula is C17H15BrN6O2S. The number of hydrogen-bond donors (Lipinski definition) is 2. The summed E-state index contributed by atoms with van der Waals surface area (Å²) in [5.74, 6) is 1.08. The minimum absolute atomic E-state index is 0.0790. The predicted octanol–water partition coefficient (Wildman–Crippen LogP) is 3.24. The van der Waals surface area contributed by atoms with E-state index in [1.165, 1.54) is 10.9 Å². The Balaban J connectivity index is 1.55. The molecule has 138 valence electrons. The van der Waals surface area contributed by atoms with Gasteiger partial charge in [-0.3, -0.25) is 15.4 Å². The Kier molecular flexibility index (Phi) is 6.09. The van der Waals surface area contributed by atoms with Gasteiger partial charge in [0.1, 0.15) is 11.5 Å². The molecule has 0 fully saturated rings. The molecule has 2 heterocycles. The fourth-order valence-electron chi connectivity index (χ4n) is 2.08. The lowest BCUT2D eigenvalue weighted by atomic mass is 10.2. The van der Waals surface area contributed by atoms with Crippen molar-refractivity contribution in [1.29, 1.82) is 0 Å². The van der Waals surface area contributed by atoms with Gasteiger partial charge in [-0.1, -0.05) is 33.2 Å². The van der Waals surface area contributed by atoms with Gasteiger partial charge in [0.2, 0.25) is 5.91 Å². The van der Waals surface area contributed by atoms with Crippen LogP contribution in [0.25, 0.3) is 17.4 Å². The number of nitrogens with zero attached hydrogens (tertiary/aromatic N) is 4. The molecule has 10 heteroatoms.